The number of aryl methyl sites for hydroxylation is 1. The van der Waals surface area contributed by atoms with Gasteiger partial charge in [-0.1, -0.05) is 79.0 Å². The Bertz CT molecular complexity index is 1100. The number of nitrogens with one attached hydrogen (secondary N) is 1. The average molecular weight is 494 g/mol. The van der Waals surface area contributed by atoms with E-state index in [0.29, 0.717) is 17.2 Å². The molecule has 2 N–H and O–H groups in total. The zero-order chi connectivity index (χ0) is 25.2. The van der Waals surface area contributed by atoms with Gasteiger partial charge in [-0.15, -0.1) is 0 Å². The molecule has 184 valence electrons. The normalized spacial score (nSPS) is 12.7. The molecular formula is C29H32ClNO4. The van der Waals surface area contributed by atoms with Crippen LogP contribution in [0.5, 0.6) is 0 Å². The van der Waals surface area contributed by atoms with E-state index >= 15 is 0 Å². The molecule has 0 saturated carbocycles. The number of amides is 1. The molecule has 0 unspecified atom stereocenters. The smallest absolute Gasteiger partial charge is 0.305 e. The largest absolute Gasteiger partial charge is 0.481 e. The molecule has 3 aromatic carbocycles. The van der Waals surface area contributed by atoms with Crippen molar-refractivity contribution in [3.05, 3.63) is 106 Å². The molecule has 0 bridgehead atoms. The van der Waals surface area contributed by atoms with Crippen LogP contribution in [-0.4, -0.2) is 23.5 Å². The summed E-state index contributed by atoms with van der Waals surface area (Å²) in [4.78, 5) is 23.0. The van der Waals surface area contributed by atoms with Crippen molar-refractivity contribution in [2.24, 2.45) is 0 Å². The number of aliphatic carboxylic acids is 1. The molecule has 0 fully saturated rings. The number of hydrogen-bond acceptors (Lipinski definition) is 3. The van der Waals surface area contributed by atoms with Crippen LogP contribution in [0.25, 0.3) is 0 Å². The number of rotatable bonds is 12. The summed E-state index contributed by atoms with van der Waals surface area (Å²) in [5, 5.41) is 12.1. The van der Waals surface area contributed by atoms with Gasteiger partial charge in [0.1, 0.15) is 0 Å². The Kier molecular flexibility index (Phi) is 9.88. The lowest BCUT2D eigenvalue weighted by molar-refractivity contribution is -0.136. The van der Waals surface area contributed by atoms with Gasteiger partial charge in [0, 0.05) is 23.0 Å². The molecule has 2 atom stereocenters. The molecule has 6 heteroatoms. The first-order valence-corrected chi connectivity index (χ1v) is 12.3. The molecule has 5 nitrogen and oxygen atoms in total. The second-order valence-electron chi connectivity index (χ2n) is 8.69. The third-order valence-corrected chi connectivity index (χ3v) is 6.19. The van der Waals surface area contributed by atoms with Gasteiger partial charge in [-0.3, -0.25) is 9.59 Å². The number of carbonyl (C=O) groups is 2. The van der Waals surface area contributed by atoms with Crippen molar-refractivity contribution >= 4 is 23.5 Å². The molecule has 0 aliphatic carbocycles. The van der Waals surface area contributed by atoms with Crippen molar-refractivity contribution < 1.29 is 19.4 Å². The molecule has 3 aromatic rings. The standard InChI is InChI=1S/C29H32ClNO4/c1-3-4-26(22-9-11-24(12-10-22)29(34)31-18-17-27(32)33)28(23-13-15-25(30)16-14-23)35-19-21-7-5-20(2)6-8-21/h5-16,26,28H,3-4,17-19H2,1-2H3,(H,31,34)(H,32,33)/t26-,28+/m1/s1. The Morgan fingerprint density at radius 3 is 2.17 bits per heavy atom. The van der Waals surface area contributed by atoms with Crippen LogP contribution in [0.1, 0.15) is 70.8 Å². The van der Waals surface area contributed by atoms with E-state index in [2.05, 4.69) is 43.4 Å². The summed E-state index contributed by atoms with van der Waals surface area (Å²) in [7, 11) is 0. The van der Waals surface area contributed by atoms with Gasteiger partial charge in [0.2, 0.25) is 0 Å². The van der Waals surface area contributed by atoms with Gasteiger partial charge in [-0.25, -0.2) is 0 Å². The predicted molar refractivity (Wildman–Crippen MR) is 139 cm³/mol. The molecule has 0 saturated heterocycles. The average Bonchev–Trinajstić information content (AvgIpc) is 2.85. The summed E-state index contributed by atoms with van der Waals surface area (Å²) in [5.41, 5.74) is 4.95. The first-order valence-electron chi connectivity index (χ1n) is 11.9. The van der Waals surface area contributed by atoms with Crippen LogP contribution in [0.15, 0.2) is 72.8 Å². The van der Waals surface area contributed by atoms with E-state index in [4.69, 9.17) is 21.4 Å². The maximum Gasteiger partial charge on any atom is 0.305 e. The highest BCUT2D eigenvalue weighted by atomic mass is 35.5. The highest BCUT2D eigenvalue weighted by Crippen LogP contribution is 2.38. The Morgan fingerprint density at radius 1 is 0.943 bits per heavy atom. The Balaban J connectivity index is 1.83. The monoisotopic (exact) mass is 493 g/mol. The van der Waals surface area contributed by atoms with Crippen molar-refractivity contribution in [3.63, 3.8) is 0 Å². The Morgan fingerprint density at radius 2 is 1.57 bits per heavy atom. The summed E-state index contributed by atoms with van der Waals surface area (Å²) >= 11 is 6.15. The maximum absolute atomic E-state index is 12.4. The molecule has 3 rings (SSSR count). The number of halogens is 1. The molecule has 1 amide bonds. The number of carboxylic acid groups (broad SMARTS) is 1. The summed E-state index contributed by atoms with van der Waals surface area (Å²) in [6.07, 6.45) is 1.58. The Hall–Kier alpha value is -3.15. The molecule has 0 heterocycles. The maximum atomic E-state index is 12.4. The number of carbonyl (C=O) groups excluding carboxylic acids is 1. The first-order chi connectivity index (χ1) is 16.9. The number of benzene rings is 3. The minimum atomic E-state index is -0.943. The SMILES string of the molecule is CCC[C@H](c1ccc(C(=O)NCCC(=O)O)cc1)[C@@H](OCc1ccc(C)cc1)c1ccc(Cl)cc1. The van der Waals surface area contributed by atoms with Gasteiger partial charge in [-0.2, -0.15) is 0 Å². The minimum absolute atomic E-state index is 0.0794. The van der Waals surface area contributed by atoms with E-state index in [1.165, 1.54) is 5.56 Å². The van der Waals surface area contributed by atoms with E-state index in [0.717, 1.165) is 29.5 Å². The van der Waals surface area contributed by atoms with E-state index in [-0.39, 0.29) is 30.9 Å². The predicted octanol–water partition coefficient (Wildman–Crippen LogP) is 6.69. The fourth-order valence-corrected chi connectivity index (χ4v) is 4.16. The lowest BCUT2D eigenvalue weighted by Gasteiger charge is -2.28. The van der Waals surface area contributed by atoms with Gasteiger partial charge in [0.25, 0.3) is 5.91 Å². The number of hydrogen-bond donors (Lipinski definition) is 2. The quantitative estimate of drug-likeness (QED) is 0.294. The molecule has 35 heavy (non-hydrogen) atoms. The summed E-state index contributed by atoms with van der Waals surface area (Å²) < 4.78 is 6.54. The van der Waals surface area contributed by atoms with Crippen molar-refractivity contribution in [1.29, 1.82) is 0 Å². The number of ether oxygens (including phenoxy) is 1. The van der Waals surface area contributed by atoms with E-state index < -0.39 is 5.97 Å². The van der Waals surface area contributed by atoms with Gasteiger partial charge in [-0.05, 0) is 54.3 Å². The van der Waals surface area contributed by atoms with E-state index in [9.17, 15) is 9.59 Å². The van der Waals surface area contributed by atoms with Crippen LogP contribution >= 0.6 is 11.6 Å². The third kappa shape index (κ3) is 7.94. The summed E-state index contributed by atoms with van der Waals surface area (Å²) in [6.45, 7) is 4.79. The first kappa shape index (κ1) is 26.5. The highest BCUT2D eigenvalue weighted by Gasteiger charge is 2.26. The summed E-state index contributed by atoms with van der Waals surface area (Å²) in [6, 6.07) is 23.6. The lowest BCUT2D eigenvalue weighted by atomic mass is 9.85. The molecule has 0 aliphatic heterocycles. The fourth-order valence-electron chi connectivity index (χ4n) is 4.04. The van der Waals surface area contributed by atoms with E-state index in [1.807, 2.05) is 36.4 Å². The van der Waals surface area contributed by atoms with Gasteiger partial charge in [0.15, 0.2) is 0 Å². The zero-order valence-electron chi connectivity index (χ0n) is 20.2. The fraction of sp³-hybridized carbons (Fsp3) is 0.310. The third-order valence-electron chi connectivity index (χ3n) is 5.94. The van der Waals surface area contributed by atoms with Crippen LogP contribution < -0.4 is 5.32 Å². The summed E-state index contributed by atoms with van der Waals surface area (Å²) in [5.74, 6) is -1.15. The van der Waals surface area contributed by atoms with Crippen molar-refractivity contribution in [2.75, 3.05) is 6.54 Å². The van der Waals surface area contributed by atoms with Crippen molar-refractivity contribution in [3.8, 4) is 0 Å². The number of carboxylic acids is 1. The van der Waals surface area contributed by atoms with E-state index in [1.54, 1.807) is 12.1 Å². The van der Waals surface area contributed by atoms with Crippen LogP contribution in [0.4, 0.5) is 0 Å². The zero-order valence-corrected chi connectivity index (χ0v) is 20.9. The van der Waals surface area contributed by atoms with Gasteiger partial charge in [0.05, 0.1) is 19.1 Å². The second kappa shape index (κ2) is 13.1. The molecule has 0 aromatic heterocycles. The molecular weight excluding hydrogens is 462 g/mol. The van der Waals surface area contributed by atoms with Crippen LogP contribution in [-0.2, 0) is 16.1 Å². The lowest BCUT2D eigenvalue weighted by Crippen LogP contribution is -2.26. The second-order valence-corrected chi connectivity index (χ2v) is 9.12. The molecule has 0 aliphatic rings. The Labute approximate surface area is 212 Å². The van der Waals surface area contributed by atoms with Crippen molar-refractivity contribution in [1.82, 2.24) is 5.32 Å². The highest BCUT2D eigenvalue weighted by molar-refractivity contribution is 6.30. The molecule has 0 spiro atoms. The van der Waals surface area contributed by atoms with Crippen LogP contribution in [0, 0.1) is 6.92 Å². The van der Waals surface area contributed by atoms with Gasteiger partial charge >= 0.3 is 5.97 Å². The molecule has 0 radical (unpaired) electrons. The topological polar surface area (TPSA) is 75.6 Å². The van der Waals surface area contributed by atoms with Crippen molar-refractivity contribution in [2.45, 2.75) is 51.7 Å². The van der Waals surface area contributed by atoms with Gasteiger partial charge < -0.3 is 15.2 Å². The van der Waals surface area contributed by atoms with Crippen LogP contribution in [0.2, 0.25) is 5.02 Å². The minimum Gasteiger partial charge on any atom is -0.481 e. The van der Waals surface area contributed by atoms with Crippen LogP contribution in [0.3, 0.4) is 0 Å².